The molecule has 2 N–H and O–H groups in total. The van der Waals surface area contributed by atoms with Gasteiger partial charge in [-0.15, -0.1) is 5.10 Å². The monoisotopic (exact) mass is 428 g/mol. The number of nitrogens with zero attached hydrogens (tertiary/aromatic N) is 2. The molecule has 0 radical (unpaired) electrons. The van der Waals surface area contributed by atoms with E-state index < -0.39 is 0 Å². The highest BCUT2D eigenvalue weighted by Gasteiger charge is 2.28. The van der Waals surface area contributed by atoms with Crippen LogP contribution in [0.2, 0.25) is 0 Å². The van der Waals surface area contributed by atoms with Crippen LogP contribution < -0.4 is 10.6 Å². The van der Waals surface area contributed by atoms with Gasteiger partial charge in [-0.25, -0.2) is 4.68 Å². The lowest BCUT2D eigenvalue weighted by molar-refractivity contribution is -0.123. The predicted octanol–water partition coefficient (Wildman–Crippen LogP) is 4.67. The molecule has 164 valence electrons. The molecule has 0 unspecified atom stereocenters. The largest absolute Gasteiger partial charge is 0.355 e. The van der Waals surface area contributed by atoms with E-state index in [1.807, 2.05) is 53.2 Å². The van der Waals surface area contributed by atoms with Crippen molar-refractivity contribution in [3.05, 3.63) is 72.3 Å². The summed E-state index contributed by atoms with van der Waals surface area (Å²) in [6.45, 7) is 6.86. The minimum Gasteiger partial charge on any atom is -0.355 e. The number of nitrogens with one attached hydrogen (secondary N) is 2. The Bertz CT molecular complexity index is 1160. The third kappa shape index (κ3) is 5.14. The van der Waals surface area contributed by atoms with Gasteiger partial charge in [-0.3, -0.25) is 9.59 Å². The second kappa shape index (κ2) is 8.83. The minimum atomic E-state index is -0.376. The minimum absolute atomic E-state index is 0.0930. The molecule has 6 nitrogen and oxygen atoms in total. The molecule has 1 saturated heterocycles. The summed E-state index contributed by atoms with van der Waals surface area (Å²) >= 11 is 0. The van der Waals surface area contributed by atoms with Gasteiger partial charge in [0.2, 0.25) is 11.8 Å². The number of benzene rings is 2. The molecular weight excluding hydrogens is 400 g/mol. The Labute approximate surface area is 188 Å². The van der Waals surface area contributed by atoms with E-state index in [1.54, 1.807) is 0 Å². The second-order valence-corrected chi connectivity index (χ2v) is 9.18. The van der Waals surface area contributed by atoms with Crippen molar-refractivity contribution in [2.45, 2.75) is 27.2 Å². The second-order valence-electron chi connectivity index (χ2n) is 9.18. The molecule has 32 heavy (non-hydrogen) atoms. The van der Waals surface area contributed by atoms with Crippen molar-refractivity contribution in [1.29, 1.82) is 0 Å². The summed E-state index contributed by atoms with van der Waals surface area (Å²) in [5.74, 6) is -0.210. The summed E-state index contributed by atoms with van der Waals surface area (Å²) in [4.78, 5) is 24.1. The summed E-state index contributed by atoms with van der Waals surface area (Å²) in [5.41, 5.74) is 3.96. The maximum absolute atomic E-state index is 12.6. The molecule has 3 aromatic rings. The normalized spacial score (nSPS) is 16.3. The Hall–Kier alpha value is -3.67. The van der Waals surface area contributed by atoms with E-state index in [0.29, 0.717) is 12.4 Å². The van der Waals surface area contributed by atoms with Gasteiger partial charge < -0.3 is 10.6 Å². The molecule has 1 atom stereocenters. The summed E-state index contributed by atoms with van der Waals surface area (Å²) in [6, 6.07) is 19.9. The molecule has 6 heteroatoms. The summed E-state index contributed by atoms with van der Waals surface area (Å²) < 4.78 is 1.83. The number of allylic oxidation sites excluding steroid dienone is 1. The number of carbonyl (C=O) groups excluding carboxylic acids is 2. The van der Waals surface area contributed by atoms with Gasteiger partial charge in [0.15, 0.2) is 5.82 Å². The van der Waals surface area contributed by atoms with Crippen LogP contribution in [0.15, 0.2) is 66.7 Å². The van der Waals surface area contributed by atoms with Gasteiger partial charge in [0.1, 0.15) is 0 Å². The van der Waals surface area contributed by atoms with Crippen LogP contribution in [0.1, 0.15) is 32.8 Å². The first-order chi connectivity index (χ1) is 15.3. The van der Waals surface area contributed by atoms with Crippen LogP contribution in [-0.2, 0) is 9.59 Å². The zero-order valence-corrected chi connectivity index (χ0v) is 18.6. The topological polar surface area (TPSA) is 76.0 Å². The maximum atomic E-state index is 12.6. The number of anilines is 1. The van der Waals surface area contributed by atoms with Crippen LogP contribution in [0.4, 0.5) is 5.82 Å². The number of aromatic nitrogens is 2. The standard InChI is InChI=1S/C26H28N4O2/c1-26(2,3)13-12-18-8-7-9-19(14-18)22-16-23(28-25(32)20-15-24(31)27-17-20)29-30(22)21-10-5-4-6-11-21/h4-14,16,20H,15,17H2,1-3H3,(H,27,31)(H,28,29,32)/t20-/m0/s1. The van der Waals surface area contributed by atoms with E-state index in [4.69, 9.17) is 0 Å². The Morgan fingerprint density at radius 2 is 1.91 bits per heavy atom. The fourth-order valence-electron chi connectivity index (χ4n) is 3.58. The lowest BCUT2D eigenvalue weighted by atomic mass is 9.95. The van der Waals surface area contributed by atoms with Crippen molar-refractivity contribution >= 4 is 23.7 Å². The smallest absolute Gasteiger partial charge is 0.230 e. The van der Waals surface area contributed by atoms with Crippen LogP contribution in [0.3, 0.4) is 0 Å². The summed E-state index contributed by atoms with van der Waals surface area (Å²) in [5, 5.41) is 10.3. The maximum Gasteiger partial charge on any atom is 0.230 e. The molecule has 1 fully saturated rings. The number of amides is 2. The summed E-state index contributed by atoms with van der Waals surface area (Å²) in [7, 11) is 0. The molecule has 0 bridgehead atoms. The third-order valence-corrected chi connectivity index (χ3v) is 5.27. The lowest BCUT2D eigenvalue weighted by Gasteiger charge is -2.11. The highest BCUT2D eigenvalue weighted by atomic mass is 16.2. The van der Waals surface area contributed by atoms with Crippen LogP contribution in [0.5, 0.6) is 0 Å². The molecule has 2 heterocycles. The van der Waals surface area contributed by atoms with E-state index in [2.05, 4.69) is 60.8 Å². The first-order valence-corrected chi connectivity index (χ1v) is 10.8. The van der Waals surface area contributed by atoms with Crippen molar-refractivity contribution < 1.29 is 9.59 Å². The fourth-order valence-corrected chi connectivity index (χ4v) is 3.58. The predicted molar refractivity (Wildman–Crippen MR) is 127 cm³/mol. The van der Waals surface area contributed by atoms with Crippen molar-refractivity contribution in [1.82, 2.24) is 15.1 Å². The van der Waals surface area contributed by atoms with Gasteiger partial charge in [0.05, 0.1) is 17.3 Å². The van der Waals surface area contributed by atoms with E-state index in [1.165, 1.54) is 0 Å². The van der Waals surface area contributed by atoms with Crippen LogP contribution >= 0.6 is 0 Å². The van der Waals surface area contributed by atoms with Gasteiger partial charge in [-0.05, 0) is 29.2 Å². The van der Waals surface area contributed by atoms with Crippen molar-refractivity contribution in [3.8, 4) is 16.9 Å². The number of carbonyl (C=O) groups is 2. The Balaban J connectivity index is 1.69. The van der Waals surface area contributed by atoms with E-state index in [-0.39, 0.29) is 29.6 Å². The SMILES string of the molecule is CC(C)(C)C=Cc1cccc(-c2cc(NC(=O)[C@@H]3CNC(=O)C3)nn2-c2ccccc2)c1. The Kier molecular flexibility index (Phi) is 5.95. The molecule has 1 aliphatic rings. The zero-order valence-electron chi connectivity index (χ0n) is 18.6. The van der Waals surface area contributed by atoms with Crippen LogP contribution in [0.25, 0.3) is 23.0 Å². The molecule has 2 aromatic carbocycles. The van der Waals surface area contributed by atoms with Crippen molar-refractivity contribution in [3.63, 3.8) is 0 Å². The van der Waals surface area contributed by atoms with Crippen LogP contribution in [-0.4, -0.2) is 28.1 Å². The number of hydrogen-bond acceptors (Lipinski definition) is 3. The van der Waals surface area contributed by atoms with Gasteiger partial charge >= 0.3 is 0 Å². The first-order valence-electron chi connectivity index (χ1n) is 10.8. The molecule has 0 saturated carbocycles. The Morgan fingerprint density at radius 3 is 2.59 bits per heavy atom. The molecule has 0 aliphatic carbocycles. The van der Waals surface area contributed by atoms with Gasteiger partial charge in [0.25, 0.3) is 0 Å². The highest BCUT2D eigenvalue weighted by Crippen LogP contribution is 2.28. The molecular formula is C26H28N4O2. The number of hydrogen-bond donors (Lipinski definition) is 2. The van der Waals surface area contributed by atoms with E-state index >= 15 is 0 Å². The number of para-hydroxylation sites is 1. The summed E-state index contributed by atoms with van der Waals surface area (Å²) in [6.07, 6.45) is 4.52. The Morgan fingerprint density at radius 1 is 1.12 bits per heavy atom. The fraction of sp³-hybridized carbons (Fsp3) is 0.269. The average Bonchev–Trinajstić information content (AvgIpc) is 3.39. The van der Waals surface area contributed by atoms with Crippen LogP contribution in [0, 0.1) is 11.3 Å². The van der Waals surface area contributed by atoms with Crippen molar-refractivity contribution in [2.75, 3.05) is 11.9 Å². The molecule has 1 aromatic heterocycles. The average molecular weight is 429 g/mol. The zero-order chi connectivity index (χ0) is 22.7. The van der Waals surface area contributed by atoms with Gasteiger partial charge in [-0.2, -0.15) is 0 Å². The van der Waals surface area contributed by atoms with E-state index in [0.717, 1.165) is 22.5 Å². The third-order valence-electron chi connectivity index (χ3n) is 5.27. The van der Waals surface area contributed by atoms with Gasteiger partial charge in [0, 0.05) is 24.6 Å². The van der Waals surface area contributed by atoms with E-state index in [9.17, 15) is 9.59 Å². The first kappa shape index (κ1) is 21.6. The quantitative estimate of drug-likeness (QED) is 0.620. The lowest BCUT2D eigenvalue weighted by Crippen LogP contribution is -2.24. The molecule has 2 amide bonds. The number of rotatable bonds is 5. The molecule has 1 aliphatic heterocycles. The molecule has 0 spiro atoms. The highest BCUT2D eigenvalue weighted by molar-refractivity contribution is 5.97. The van der Waals surface area contributed by atoms with Gasteiger partial charge in [-0.1, -0.05) is 69.3 Å². The van der Waals surface area contributed by atoms with Crippen molar-refractivity contribution in [2.24, 2.45) is 11.3 Å². The molecule has 4 rings (SSSR count).